The number of nitrogens with zero attached hydrogens (tertiary/aromatic N) is 3. The number of nitriles is 1. The van der Waals surface area contributed by atoms with E-state index in [0.29, 0.717) is 16.9 Å². The van der Waals surface area contributed by atoms with Crippen LogP contribution in [0.4, 0.5) is 0 Å². The molecule has 0 bridgehead atoms. The zero-order valence-electron chi connectivity index (χ0n) is 10.9. The van der Waals surface area contributed by atoms with Crippen molar-refractivity contribution in [3.63, 3.8) is 0 Å². The van der Waals surface area contributed by atoms with E-state index in [1.54, 1.807) is 18.5 Å². The molecule has 4 aromatic rings. The van der Waals surface area contributed by atoms with Crippen LogP contribution in [0.2, 0.25) is 0 Å². The van der Waals surface area contributed by atoms with E-state index in [1.165, 1.54) is 0 Å². The number of aromatic nitrogens is 2. The number of furan rings is 1. The molecule has 21 heavy (non-hydrogen) atoms. The summed E-state index contributed by atoms with van der Waals surface area (Å²) in [6.07, 6.45) is 3.33. The normalized spacial score (nSPS) is 10.8. The van der Waals surface area contributed by atoms with Crippen molar-refractivity contribution >= 4 is 22.1 Å². The van der Waals surface area contributed by atoms with Gasteiger partial charge in [-0.2, -0.15) is 5.26 Å². The standard InChI is InChI=1S/C17H9N3O/c18-10-11-7-9-20-17-15(11)13-5-3-4-12(16(13)21-17)14-6-1-2-8-19-14/h1-9H. The number of fused-ring (bicyclic) bond motifs is 3. The second-order valence-corrected chi connectivity index (χ2v) is 4.65. The van der Waals surface area contributed by atoms with Gasteiger partial charge in [-0.25, -0.2) is 4.98 Å². The lowest BCUT2D eigenvalue weighted by atomic mass is 10.1. The Morgan fingerprint density at radius 3 is 2.71 bits per heavy atom. The van der Waals surface area contributed by atoms with Crippen LogP contribution >= 0.6 is 0 Å². The minimum Gasteiger partial charge on any atom is -0.437 e. The van der Waals surface area contributed by atoms with Crippen molar-refractivity contribution in [1.29, 1.82) is 5.26 Å². The minimum absolute atomic E-state index is 0.479. The summed E-state index contributed by atoms with van der Waals surface area (Å²) in [5, 5.41) is 10.9. The molecule has 98 valence electrons. The fourth-order valence-corrected chi connectivity index (χ4v) is 2.54. The second-order valence-electron chi connectivity index (χ2n) is 4.65. The maximum absolute atomic E-state index is 9.27. The van der Waals surface area contributed by atoms with Gasteiger partial charge in [-0.05, 0) is 24.3 Å². The van der Waals surface area contributed by atoms with Gasteiger partial charge >= 0.3 is 0 Å². The molecule has 4 nitrogen and oxygen atoms in total. The van der Waals surface area contributed by atoms with Crippen molar-refractivity contribution < 1.29 is 4.42 Å². The Morgan fingerprint density at radius 2 is 1.90 bits per heavy atom. The van der Waals surface area contributed by atoms with Crippen LogP contribution in [-0.4, -0.2) is 9.97 Å². The first-order valence-electron chi connectivity index (χ1n) is 6.50. The van der Waals surface area contributed by atoms with E-state index in [4.69, 9.17) is 4.42 Å². The van der Waals surface area contributed by atoms with Crippen molar-refractivity contribution in [2.45, 2.75) is 0 Å². The molecule has 0 aliphatic carbocycles. The van der Waals surface area contributed by atoms with E-state index in [2.05, 4.69) is 16.0 Å². The van der Waals surface area contributed by atoms with Crippen LogP contribution in [0.3, 0.4) is 0 Å². The molecular formula is C17H9N3O. The van der Waals surface area contributed by atoms with Crippen LogP contribution < -0.4 is 0 Å². The Labute approximate surface area is 120 Å². The Bertz CT molecular complexity index is 997. The molecule has 0 atom stereocenters. The highest BCUT2D eigenvalue weighted by molar-refractivity contribution is 6.10. The summed E-state index contributed by atoms with van der Waals surface area (Å²) in [5.41, 5.74) is 3.49. The first kappa shape index (κ1) is 11.6. The maximum Gasteiger partial charge on any atom is 0.228 e. The smallest absolute Gasteiger partial charge is 0.228 e. The van der Waals surface area contributed by atoms with Crippen LogP contribution in [0.5, 0.6) is 0 Å². The van der Waals surface area contributed by atoms with Crippen LogP contribution in [0.15, 0.2) is 59.3 Å². The lowest BCUT2D eigenvalue weighted by Crippen LogP contribution is -1.82. The minimum atomic E-state index is 0.479. The van der Waals surface area contributed by atoms with Crippen LogP contribution in [0.1, 0.15) is 5.56 Å². The summed E-state index contributed by atoms with van der Waals surface area (Å²) in [5.74, 6) is 0. The zero-order chi connectivity index (χ0) is 14.2. The maximum atomic E-state index is 9.27. The zero-order valence-corrected chi connectivity index (χ0v) is 10.9. The highest BCUT2D eigenvalue weighted by Gasteiger charge is 2.15. The molecule has 0 aliphatic rings. The fraction of sp³-hybridized carbons (Fsp3) is 0. The van der Waals surface area contributed by atoms with E-state index < -0.39 is 0 Å². The van der Waals surface area contributed by atoms with Gasteiger partial charge in [0.05, 0.1) is 16.6 Å². The third-order valence-corrected chi connectivity index (χ3v) is 3.46. The molecule has 0 unspecified atom stereocenters. The molecular weight excluding hydrogens is 262 g/mol. The number of hydrogen-bond acceptors (Lipinski definition) is 4. The Balaban J connectivity index is 2.15. The highest BCUT2D eigenvalue weighted by atomic mass is 16.3. The Hall–Kier alpha value is -3.19. The summed E-state index contributed by atoms with van der Waals surface area (Å²) >= 11 is 0. The molecule has 0 spiro atoms. The average Bonchev–Trinajstić information content (AvgIpc) is 2.94. The largest absolute Gasteiger partial charge is 0.437 e. The van der Waals surface area contributed by atoms with E-state index in [0.717, 1.165) is 22.0 Å². The molecule has 1 aromatic carbocycles. The van der Waals surface area contributed by atoms with Crippen LogP contribution in [0, 0.1) is 11.3 Å². The van der Waals surface area contributed by atoms with Gasteiger partial charge in [0.2, 0.25) is 5.71 Å². The van der Waals surface area contributed by atoms with Crippen molar-refractivity contribution in [1.82, 2.24) is 9.97 Å². The molecule has 3 aromatic heterocycles. The lowest BCUT2D eigenvalue weighted by Gasteiger charge is -2.00. The van der Waals surface area contributed by atoms with Gasteiger partial charge < -0.3 is 4.42 Å². The molecule has 0 saturated carbocycles. The van der Waals surface area contributed by atoms with Crippen molar-refractivity contribution in [3.05, 3.63) is 60.4 Å². The molecule has 0 fully saturated rings. The summed E-state index contributed by atoms with van der Waals surface area (Å²) in [6, 6.07) is 15.5. The molecule has 0 radical (unpaired) electrons. The van der Waals surface area contributed by atoms with E-state index in [9.17, 15) is 5.26 Å². The van der Waals surface area contributed by atoms with Crippen LogP contribution in [0.25, 0.3) is 33.3 Å². The van der Waals surface area contributed by atoms with Crippen molar-refractivity contribution in [3.8, 4) is 17.3 Å². The first-order chi connectivity index (χ1) is 10.4. The highest BCUT2D eigenvalue weighted by Crippen LogP contribution is 2.35. The van der Waals surface area contributed by atoms with Crippen LogP contribution in [-0.2, 0) is 0 Å². The molecule has 0 N–H and O–H groups in total. The van der Waals surface area contributed by atoms with Gasteiger partial charge in [0.15, 0.2) is 0 Å². The van der Waals surface area contributed by atoms with Crippen molar-refractivity contribution in [2.24, 2.45) is 0 Å². The summed E-state index contributed by atoms with van der Waals surface area (Å²) < 4.78 is 5.88. The van der Waals surface area contributed by atoms with Gasteiger partial charge in [-0.3, -0.25) is 4.98 Å². The molecule has 0 saturated heterocycles. The quantitative estimate of drug-likeness (QED) is 0.526. The van der Waals surface area contributed by atoms with Gasteiger partial charge in [-0.15, -0.1) is 0 Å². The van der Waals surface area contributed by atoms with E-state index in [-0.39, 0.29) is 0 Å². The molecule has 0 aliphatic heterocycles. The predicted octanol–water partition coefficient (Wildman–Crippen LogP) is 3.91. The SMILES string of the molecule is N#Cc1ccnc2oc3c(-c4ccccn4)cccc3c12. The Morgan fingerprint density at radius 1 is 0.952 bits per heavy atom. The molecule has 4 heteroatoms. The number of benzene rings is 1. The molecule has 3 heterocycles. The van der Waals surface area contributed by atoms with Crippen molar-refractivity contribution in [2.75, 3.05) is 0 Å². The lowest BCUT2D eigenvalue weighted by molar-refractivity contribution is 0.655. The third-order valence-electron chi connectivity index (χ3n) is 3.46. The van der Waals surface area contributed by atoms with Gasteiger partial charge in [0.25, 0.3) is 0 Å². The third kappa shape index (κ3) is 1.68. The van der Waals surface area contributed by atoms with Gasteiger partial charge in [0, 0.05) is 23.3 Å². The number of hydrogen-bond donors (Lipinski definition) is 0. The predicted molar refractivity (Wildman–Crippen MR) is 79.5 cm³/mol. The number of para-hydroxylation sites is 1. The summed E-state index contributed by atoms with van der Waals surface area (Å²) in [6.45, 7) is 0. The first-order valence-corrected chi connectivity index (χ1v) is 6.50. The number of rotatable bonds is 1. The fourth-order valence-electron chi connectivity index (χ4n) is 2.54. The topological polar surface area (TPSA) is 62.7 Å². The molecule has 4 rings (SSSR count). The Kier molecular flexibility index (Phi) is 2.45. The monoisotopic (exact) mass is 271 g/mol. The van der Waals surface area contributed by atoms with Gasteiger partial charge in [-0.1, -0.05) is 18.2 Å². The summed E-state index contributed by atoms with van der Waals surface area (Å²) in [7, 11) is 0. The second kappa shape index (κ2) is 4.43. The van der Waals surface area contributed by atoms with Gasteiger partial charge in [0.1, 0.15) is 11.7 Å². The number of pyridine rings is 2. The van der Waals surface area contributed by atoms with E-state index >= 15 is 0 Å². The van der Waals surface area contributed by atoms with E-state index in [1.807, 2.05) is 36.4 Å². The average molecular weight is 271 g/mol. The summed E-state index contributed by atoms with van der Waals surface area (Å²) in [4.78, 5) is 8.59. The molecule has 0 amide bonds.